The third-order valence-corrected chi connectivity index (χ3v) is 2.17. The molecule has 0 aliphatic heterocycles. The van der Waals surface area contributed by atoms with E-state index in [9.17, 15) is 4.79 Å². The van der Waals surface area contributed by atoms with Crippen LogP contribution in [0.5, 0.6) is 0 Å². The van der Waals surface area contributed by atoms with Crippen LogP contribution < -0.4 is 0 Å². The first-order chi connectivity index (χ1) is 7.20. The number of benzene rings is 1. The van der Waals surface area contributed by atoms with E-state index in [-0.39, 0.29) is 5.97 Å². The van der Waals surface area contributed by atoms with Gasteiger partial charge in [0.2, 0.25) is 0 Å². The summed E-state index contributed by atoms with van der Waals surface area (Å²) in [5, 5.41) is 0. The monoisotopic (exact) mass is 206 g/mol. The minimum Gasteiger partial charge on any atom is -0.462 e. The summed E-state index contributed by atoms with van der Waals surface area (Å²) < 4.78 is 5.14. The van der Waals surface area contributed by atoms with Crippen molar-refractivity contribution in [1.82, 2.24) is 0 Å². The van der Waals surface area contributed by atoms with E-state index < -0.39 is 0 Å². The van der Waals surface area contributed by atoms with Crippen LogP contribution in [0.3, 0.4) is 0 Å². The summed E-state index contributed by atoms with van der Waals surface area (Å²) in [5.41, 5.74) is 0.627. The maximum absolute atomic E-state index is 11.5. The molecule has 2 nitrogen and oxygen atoms in total. The van der Waals surface area contributed by atoms with E-state index in [1.165, 1.54) is 0 Å². The Morgan fingerprint density at radius 3 is 2.53 bits per heavy atom. The van der Waals surface area contributed by atoms with Gasteiger partial charge < -0.3 is 4.74 Å². The SMILES string of the molecule is CC(C)CCCOC(=O)c1ccccc1. The minimum atomic E-state index is -0.223. The van der Waals surface area contributed by atoms with E-state index in [1.807, 2.05) is 18.2 Å². The zero-order valence-corrected chi connectivity index (χ0v) is 9.40. The Morgan fingerprint density at radius 1 is 1.27 bits per heavy atom. The molecule has 0 aliphatic rings. The zero-order chi connectivity index (χ0) is 11.1. The van der Waals surface area contributed by atoms with Crippen molar-refractivity contribution in [3.63, 3.8) is 0 Å². The fourth-order valence-electron chi connectivity index (χ4n) is 1.31. The minimum absolute atomic E-state index is 0.223. The normalized spacial score (nSPS) is 10.3. The molecule has 2 heteroatoms. The van der Waals surface area contributed by atoms with Crippen LogP contribution in [0.15, 0.2) is 30.3 Å². The molecule has 0 spiro atoms. The van der Waals surface area contributed by atoms with Crippen molar-refractivity contribution in [2.45, 2.75) is 26.7 Å². The van der Waals surface area contributed by atoms with E-state index in [4.69, 9.17) is 4.74 Å². The lowest BCUT2D eigenvalue weighted by Gasteiger charge is -2.06. The Kier molecular flexibility index (Phi) is 4.88. The lowest BCUT2D eigenvalue weighted by molar-refractivity contribution is 0.0495. The van der Waals surface area contributed by atoms with Gasteiger partial charge in [-0.25, -0.2) is 4.79 Å². The summed E-state index contributed by atoms with van der Waals surface area (Å²) in [4.78, 5) is 11.5. The molecule has 0 unspecified atom stereocenters. The molecule has 1 aromatic carbocycles. The maximum Gasteiger partial charge on any atom is 0.338 e. The van der Waals surface area contributed by atoms with E-state index in [0.717, 1.165) is 12.8 Å². The van der Waals surface area contributed by atoms with Gasteiger partial charge in [-0.05, 0) is 30.9 Å². The van der Waals surface area contributed by atoms with Crippen LogP contribution in [0.2, 0.25) is 0 Å². The molecule has 0 radical (unpaired) electrons. The number of rotatable bonds is 5. The Balaban J connectivity index is 2.25. The molecule has 0 N–H and O–H groups in total. The molecule has 0 saturated heterocycles. The second kappa shape index (κ2) is 6.23. The Hall–Kier alpha value is -1.31. The molecule has 1 rings (SSSR count). The standard InChI is InChI=1S/C13H18O2/c1-11(2)7-6-10-15-13(14)12-8-4-3-5-9-12/h3-5,8-9,11H,6-7,10H2,1-2H3. The number of hydrogen-bond donors (Lipinski definition) is 0. The molecule has 0 bridgehead atoms. The van der Waals surface area contributed by atoms with Crippen LogP contribution >= 0.6 is 0 Å². The predicted octanol–water partition coefficient (Wildman–Crippen LogP) is 3.28. The number of esters is 1. The first-order valence-corrected chi connectivity index (χ1v) is 5.42. The van der Waals surface area contributed by atoms with Crippen LogP contribution in [0, 0.1) is 5.92 Å². The first-order valence-electron chi connectivity index (χ1n) is 5.42. The summed E-state index contributed by atoms with van der Waals surface area (Å²) in [6.45, 7) is 4.85. The van der Waals surface area contributed by atoms with Crippen molar-refractivity contribution < 1.29 is 9.53 Å². The number of hydrogen-bond acceptors (Lipinski definition) is 2. The molecule has 0 atom stereocenters. The van der Waals surface area contributed by atoms with E-state index in [2.05, 4.69) is 13.8 Å². The Morgan fingerprint density at radius 2 is 1.93 bits per heavy atom. The first kappa shape index (κ1) is 11.8. The summed E-state index contributed by atoms with van der Waals surface area (Å²) in [5.74, 6) is 0.444. The van der Waals surface area contributed by atoms with Gasteiger partial charge in [0.1, 0.15) is 0 Å². The Bertz CT molecular complexity index is 291. The highest BCUT2D eigenvalue weighted by Gasteiger charge is 2.05. The van der Waals surface area contributed by atoms with Crippen molar-refractivity contribution in [2.24, 2.45) is 5.92 Å². The van der Waals surface area contributed by atoms with Gasteiger partial charge in [-0.1, -0.05) is 32.0 Å². The van der Waals surface area contributed by atoms with Gasteiger partial charge in [0.05, 0.1) is 12.2 Å². The van der Waals surface area contributed by atoms with Gasteiger partial charge in [-0.2, -0.15) is 0 Å². The number of ether oxygens (including phenoxy) is 1. The Labute approximate surface area is 91.3 Å². The number of carbonyl (C=O) groups is 1. The van der Waals surface area contributed by atoms with Gasteiger partial charge in [0.25, 0.3) is 0 Å². The molecule has 0 heterocycles. The van der Waals surface area contributed by atoms with Gasteiger partial charge >= 0.3 is 5.97 Å². The molecular weight excluding hydrogens is 188 g/mol. The highest BCUT2D eigenvalue weighted by Crippen LogP contribution is 2.05. The average Bonchev–Trinajstić information content (AvgIpc) is 2.25. The summed E-state index contributed by atoms with van der Waals surface area (Å²) in [6.07, 6.45) is 2.04. The van der Waals surface area contributed by atoms with Crippen molar-refractivity contribution >= 4 is 5.97 Å². The van der Waals surface area contributed by atoms with Crippen LogP contribution in [-0.4, -0.2) is 12.6 Å². The van der Waals surface area contributed by atoms with Gasteiger partial charge in [0.15, 0.2) is 0 Å². The maximum atomic E-state index is 11.5. The van der Waals surface area contributed by atoms with E-state index in [0.29, 0.717) is 18.1 Å². The fraction of sp³-hybridized carbons (Fsp3) is 0.462. The van der Waals surface area contributed by atoms with Crippen molar-refractivity contribution in [1.29, 1.82) is 0 Å². The molecule has 0 fully saturated rings. The molecule has 1 aromatic rings. The smallest absolute Gasteiger partial charge is 0.338 e. The molecule has 82 valence electrons. The molecule has 15 heavy (non-hydrogen) atoms. The predicted molar refractivity (Wildman–Crippen MR) is 60.8 cm³/mol. The van der Waals surface area contributed by atoms with E-state index in [1.54, 1.807) is 12.1 Å². The molecular formula is C13H18O2. The molecule has 0 aliphatic carbocycles. The molecule has 0 aromatic heterocycles. The fourth-order valence-corrected chi connectivity index (χ4v) is 1.31. The highest BCUT2D eigenvalue weighted by atomic mass is 16.5. The van der Waals surface area contributed by atoms with Gasteiger partial charge in [-0.3, -0.25) is 0 Å². The second-order valence-corrected chi connectivity index (χ2v) is 4.04. The topological polar surface area (TPSA) is 26.3 Å². The van der Waals surface area contributed by atoms with Crippen LogP contribution in [-0.2, 0) is 4.74 Å². The highest BCUT2D eigenvalue weighted by molar-refractivity contribution is 5.89. The van der Waals surface area contributed by atoms with Crippen molar-refractivity contribution in [3.8, 4) is 0 Å². The molecule has 0 saturated carbocycles. The zero-order valence-electron chi connectivity index (χ0n) is 9.40. The summed E-state index contributed by atoms with van der Waals surface area (Å²) >= 11 is 0. The van der Waals surface area contributed by atoms with Crippen molar-refractivity contribution in [3.05, 3.63) is 35.9 Å². The van der Waals surface area contributed by atoms with Crippen molar-refractivity contribution in [2.75, 3.05) is 6.61 Å². The quantitative estimate of drug-likeness (QED) is 0.546. The second-order valence-electron chi connectivity index (χ2n) is 4.04. The number of carbonyl (C=O) groups excluding carboxylic acids is 1. The average molecular weight is 206 g/mol. The summed E-state index contributed by atoms with van der Waals surface area (Å²) in [6, 6.07) is 9.10. The lowest BCUT2D eigenvalue weighted by Crippen LogP contribution is -2.06. The van der Waals surface area contributed by atoms with Crippen LogP contribution in [0.25, 0.3) is 0 Å². The van der Waals surface area contributed by atoms with Crippen LogP contribution in [0.4, 0.5) is 0 Å². The summed E-state index contributed by atoms with van der Waals surface area (Å²) in [7, 11) is 0. The third-order valence-electron chi connectivity index (χ3n) is 2.17. The molecule has 0 amide bonds. The lowest BCUT2D eigenvalue weighted by atomic mass is 10.1. The van der Waals surface area contributed by atoms with Gasteiger partial charge in [0, 0.05) is 0 Å². The van der Waals surface area contributed by atoms with Gasteiger partial charge in [-0.15, -0.1) is 0 Å². The van der Waals surface area contributed by atoms with Crippen LogP contribution in [0.1, 0.15) is 37.0 Å². The largest absolute Gasteiger partial charge is 0.462 e. The third kappa shape index (κ3) is 4.63. The van der Waals surface area contributed by atoms with E-state index >= 15 is 0 Å².